The summed E-state index contributed by atoms with van der Waals surface area (Å²) in [6.07, 6.45) is 1.44. The molecule has 0 aromatic heterocycles. The van der Waals surface area contributed by atoms with Crippen molar-refractivity contribution in [2.24, 2.45) is 0 Å². The second kappa shape index (κ2) is 6.05. The monoisotopic (exact) mass is 295 g/mol. The van der Waals surface area contributed by atoms with Crippen LogP contribution in [0.25, 0.3) is 0 Å². The SMILES string of the molecule is CCC(CC)NS(=O)(=O)c1c(Cl)cccc1Cl. The predicted octanol–water partition coefficient (Wildman–Crippen LogP) is 3.46. The molecule has 96 valence electrons. The Morgan fingerprint density at radius 3 is 2.06 bits per heavy atom. The highest BCUT2D eigenvalue weighted by atomic mass is 35.5. The molecule has 0 aliphatic heterocycles. The van der Waals surface area contributed by atoms with Gasteiger partial charge in [0.25, 0.3) is 0 Å². The van der Waals surface area contributed by atoms with Crippen molar-refractivity contribution in [1.29, 1.82) is 0 Å². The maximum absolute atomic E-state index is 12.1. The molecule has 0 heterocycles. The third kappa shape index (κ3) is 3.58. The van der Waals surface area contributed by atoms with Gasteiger partial charge in [0, 0.05) is 6.04 Å². The van der Waals surface area contributed by atoms with Gasteiger partial charge < -0.3 is 0 Å². The van der Waals surface area contributed by atoms with Crippen LogP contribution in [-0.4, -0.2) is 14.5 Å². The first kappa shape index (κ1) is 14.8. The number of rotatable bonds is 5. The van der Waals surface area contributed by atoms with E-state index in [9.17, 15) is 8.42 Å². The van der Waals surface area contributed by atoms with E-state index in [-0.39, 0.29) is 21.0 Å². The largest absolute Gasteiger partial charge is 0.243 e. The van der Waals surface area contributed by atoms with Crippen LogP contribution in [-0.2, 0) is 10.0 Å². The fourth-order valence-corrected chi connectivity index (χ4v) is 4.02. The van der Waals surface area contributed by atoms with Crippen molar-refractivity contribution in [1.82, 2.24) is 4.72 Å². The average molecular weight is 296 g/mol. The van der Waals surface area contributed by atoms with Crippen LogP contribution in [0.3, 0.4) is 0 Å². The van der Waals surface area contributed by atoms with E-state index in [1.54, 1.807) is 6.07 Å². The van der Waals surface area contributed by atoms with Crippen molar-refractivity contribution >= 4 is 33.2 Å². The second-order valence-electron chi connectivity index (χ2n) is 3.69. The zero-order valence-corrected chi connectivity index (χ0v) is 12.0. The number of sulfonamides is 1. The molecule has 0 amide bonds. The van der Waals surface area contributed by atoms with Crippen LogP contribution < -0.4 is 4.72 Å². The molecule has 3 nitrogen and oxygen atoms in total. The summed E-state index contributed by atoms with van der Waals surface area (Å²) >= 11 is 11.8. The zero-order chi connectivity index (χ0) is 13.1. The Morgan fingerprint density at radius 2 is 1.65 bits per heavy atom. The molecule has 0 aliphatic carbocycles. The Kier molecular flexibility index (Phi) is 5.25. The molecule has 0 atom stereocenters. The van der Waals surface area contributed by atoms with Gasteiger partial charge in [0.15, 0.2) is 0 Å². The van der Waals surface area contributed by atoms with Crippen molar-refractivity contribution in [2.75, 3.05) is 0 Å². The molecule has 0 saturated carbocycles. The Morgan fingerprint density at radius 1 is 1.18 bits per heavy atom. The number of benzene rings is 1. The standard InChI is InChI=1S/C11H15Cl2NO2S/c1-3-8(4-2)14-17(15,16)11-9(12)6-5-7-10(11)13/h5-8,14H,3-4H2,1-2H3. The van der Waals surface area contributed by atoms with Crippen LogP contribution in [0.15, 0.2) is 23.1 Å². The molecule has 0 saturated heterocycles. The van der Waals surface area contributed by atoms with Crippen LogP contribution in [0.4, 0.5) is 0 Å². The lowest BCUT2D eigenvalue weighted by Crippen LogP contribution is -2.34. The molecule has 0 radical (unpaired) electrons. The minimum absolute atomic E-state index is 0.0461. The summed E-state index contributed by atoms with van der Waals surface area (Å²) in [5.74, 6) is 0. The lowest BCUT2D eigenvalue weighted by molar-refractivity contribution is 0.530. The van der Waals surface area contributed by atoms with Gasteiger partial charge in [-0.15, -0.1) is 0 Å². The molecule has 0 spiro atoms. The van der Waals surface area contributed by atoms with Gasteiger partial charge >= 0.3 is 0 Å². The first-order valence-electron chi connectivity index (χ1n) is 5.38. The molecule has 1 aromatic rings. The van der Waals surface area contributed by atoms with Gasteiger partial charge in [0.2, 0.25) is 10.0 Å². The van der Waals surface area contributed by atoms with Crippen molar-refractivity contribution in [3.8, 4) is 0 Å². The van der Waals surface area contributed by atoms with Crippen LogP contribution in [0.2, 0.25) is 10.0 Å². The van der Waals surface area contributed by atoms with Gasteiger partial charge in [-0.1, -0.05) is 43.1 Å². The first-order chi connectivity index (χ1) is 7.92. The summed E-state index contributed by atoms with van der Waals surface area (Å²) in [6, 6.07) is 4.53. The second-order valence-corrected chi connectivity index (χ2v) is 6.15. The summed E-state index contributed by atoms with van der Waals surface area (Å²) in [6.45, 7) is 3.84. The van der Waals surface area contributed by atoms with Gasteiger partial charge in [0.1, 0.15) is 4.90 Å². The predicted molar refractivity (Wildman–Crippen MR) is 71.2 cm³/mol. The van der Waals surface area contributed by atoms with Crippen LogP contribution in [0, 0.1) is 0 Å². The van der Waals surface area contributed by atoms with E-state index >= 15 is 0 Å². The number of hydrogen-bond donors (Lipinski definition) is 1. The molecule has 1 N–H and O–H groups in total. The lowest BCUT2D eigenvalue weighted by Gasteiger charge is -2.16. The molecule has 17 heavy (non-hydrogen) atoms. The maximum Gasteiger partial charge on any atom is 0.243 e. The van der Waals surface area contributed by atoms with E-state index in [1.165, 1.54) is 12.1 Å². The Balaban J connectivity index is 3.14. The molecule has 6 heteroatoms. The molecule has 0 bridgehead atoms. The normalized spacial score (nSPS) is 12.1. The van der Waals surface area contributed by atoms with E-state index in [0.717, 1.165) is 12.8 Å². The van der Waals surface area contributed by atoms with Crippen molar-refractivity contribution in [3.05, 3.63) is 28.2 Å². The zero-order valence-electron chi connectivity index (χ0n) is 9.70. The maximum atomic E-state index is 12.1. The van der Waals surface area contributed by atoms with Gasteiger partial charge in [-0.2, -0.15) is 0 Å². The van der Waals surface area contributed by atoms with Crippen molar-refractivity contribution < 1.29 is 8.42 Å². The molecule has 1 aromatic carbocycles. The lowest BCUT2D eigenvalue weighted by atomic mass is 10.2. The van der Waals surface area contributed by atoms with E-state index in [2.05, 4.69) is 4.72 Å². The Bertz CT molecular complexity index is 464. The van der Waals surface area contributed by atoms with Gasteiger partial charge in [0.05, 0.1) is 10.0 Å². The summed E-state index contributed by atoms with van der Waals surface area (Å²) in [5.41, 5.74) is 0. The van der Waals surface area contributed by atoms with Crippen molar-refractivity contribution in [2.45, 2.75) is 37.6 Å². The highest BCUT2D eigenvalue weighted by molar-refractivity contribution is 7.89. The third-order valence-corrected chi connectivity index (χ3v) is 4.97. The Hall–Kier alpha value is -0.290. The average Bonchev–Trinajstić information content (AvgIpc) is 2.25. The fraction of sp³-hybridized carbons (Fsp3) is 0.455. The molecular weight excluding hydrogens is 281 g/mol. The van der Waals surface area contributed by atoms with Gasteiger partial charge in [-0.3, -0.25) is 0 Å². The minimum Gasteiger partial charge on any atom is -0.208 e. The minimum atomic E-state index is -3.66. The van der Waals surface area contributed by atoms with Crippen molar-refractivity contribution in [3.63, 3.8) is 0 Å². The topological polar surface area (TPSA) is 46.2 Å². The molecular formula is C11H15Cl2NO2S. The molecule has 0 unspecified atom stereocenters. The smallest absolute Gasteiger partial charge is 0.208 e. The highest BCUT2D eigenvalue weighted by Crippen LogP contribution is 2.29. The van der Waals surface area contributed by atoms with Gasteiger partial charge in [-0.25, -0.2) is 13.1 Å². The first-order valence-corrected chi connectivity index (χ1v) is 7.62. The Labute approximate surface area is 112 Å². The van der Waals surface area contributed by atoms with Crippen LogP contribution in [0.5, 0.6) is 0 Å². The van der Waals surface area contributed by atoms with Crippen LogP contribution >= 0.6 is 23.2 Å². The fourth-order valence-electron chi connectivity index (χ4n) is 1.47. The van der Waals surface area contributed by atoms with Gasteiger partial charge in [-0.05, 0) is 25.0 Å². The third-order valence-electron chi connectivity index (χ3n) is 2.50. The molecule has 0 aliphatic rings. The highest BCUT2D eigenvalue weighted by Gasteiger charge is 2.23. The number of nitrogens with one attached hydrogen (secondary N) is 1. The van der Waals surface area contributed by atoms with Crippen LogP contribution in [0.1, 0.15) is 26.7 Å². The number of halogens is 2. The van der Waals surface area contributed by atoms with E-state index < -0.39 is 10.0 Å². The van der Waals surface area contributed by atoms with E-state index in [1.807, 2.05) is 13.8 Å². The summed E-state index contributed by atoms with van der Waals surface area (Å²) in [7, 11) is -3.66. The quantitative estimate of drug-likeness (QED) is 0.904. The molecule has 1 rings (SSSR count). The summed E-state index contributed by atoms with van der Waals surface area (Å²) in [5, 5.41) is 0.270. The summed E-state index contributed by atoms with van der Waals surface area (Å²) < 4.78 is 26.8. The van der Waals surface area contributed by atoms with E-state index in [4.69, 9.17) is 23.2 Å². The number of hydrogen-bond acceptors (Lipinski definition) is 2. The summed E-state index contributed by atoms with van der Waals surface area (Å²) in [4.78, 5) is -0.0461. The van der Waals surface area contributed by atoms with E-state index in [0.29, 0.717) is 0 Å². The molecule has 0 fully saturated rings.